The third-order valence-corrected chi connectivity index (χ3v) is 3.57. The molecule has 2 N–H and O–H groups in total. The normalized spacial score (nSPS) is 10.5. The Labute approximate surface area is 132 Å². The van der Waals surface area contributed by atoms with Crippen LogP contribution in [0.5, 0.6) is 0 Å². The summed E-state index contributed by atoms with van der Waals surface area (Å²) in [5.74, 6) is 0.0394. The predicted molar refractivity (Wildman–Crippen MR) is 89.7 cm³/mol. The number of aromatic nitrogens is 1. The van der Waals surface area contributed by atoms with Crippen LogP contribution in [0.1, 0.15) is 30.2 Å². The first-order chi connectivity index (χ1) is 10.7. The van der Waals surface area contributed by atoms with Gasteiger partial charge < -0.3 is 10.6 Å². The molecule has 0 radical (unpaired) electrons. The number of anilines is 1. The molecule has 1 aromatic carbocycles. The number of rotatable bonds is 7. The number of hydrogen-bond acceptors (Lipinski definition) is 3. The van der Waals surface area contributed by atoms with Gasteiger partial charge in [-0.05, 0) is 36.6 Å². The van der Waals surface area contributed by atoms with E-state index in [1.165, 1.54) is 5.56 Å². The average molecular weight is 297 g/mol. The maximum Gasteiger partial charge on any atom is 0.225 e. The number of para-hydroxylation sites is 1. The van der Waals surface area contributed by atoms with Crippen molar-refractivity contribution in [1.29, 1.82) is 0 Å². The third-order valence-electron chi connectivity index (χ3n) is 3.57. The van der Waals surface area contributed by atoms with Crippen molar-refractivity contribution in [2.75, 3.05) is 11.9 Å². The van der Waals surface area contributed by atoms with Gasteiger partial charge in [0.1, 0.15) is 0 Å². The number of amides is 1. The van der Waals surface area contributed by atoms with E-state index >= 15 is 0 Å². The van der Waals surface area contributed by atoms with Gasteiger partial charge in [-0.25, -0.2) is 0 Å². The molecule has 0 aliphatic carbocycles. The first-order valence-electron chi connectivity index (χ1n) is 7.69. The minimum Gasteiger partial charge on any atom is -0.326 e. The molecule has 0 atom stereocenters. The summed E-state index contributed by atoms with van der Waals surface area (Å²) in [7, 11) is 0. The highest BCUT2D eigenvalue weighted by molar-refractivity contribution is 5.92. The number of aryl methyl sites for hydroxylation is 2. The second kappa shape index (κ2) is 8.29. The molecule has 2 aromatic rings. The number of nitrogens with zero attached hydrogens (tertiary/aromatic N) is 1. The van der Waals surface area contributed by atoms with Crippen molar-refractivity contribution >= 4 is 11.6 Å². The SMILES string of the molecule is CCc1cccc(C)c1NC(=O)CCNCc1ccccn1. The van der Waals surface area contributed by atoms with Crippen molar-refractivity contribution < 1.29 is 4.79 Å². The Balaban J connectivity index is 1.79. The Hall–Kier alpha value is -2.20. The van der Waals surface area contributed by atoms with Gasteiger partial charge in [0.2, 0.25) is 5.91 Å². The monoisotopic (exact) mass is 297 g/mol. The number of carbonyl (C=O) groups is 1. The summed E-state index contributed by atoms with van der Waals surface area (Å²) in [4.78, 5) is 16.3. The number of benzene rings is 1. The summed E-state index contributed by atoms with van der Waals surface area (Å²) in [6, 6.07) is 11.9. The fourth-order valence-corrected chi connectivity index (χ4v) is 2.33. The molecule has 4 nitrogen and oxygen atoms in total. The maximum absolute atomic E-state index is 12.1. The van der Waals surface area contributed by atoms with E-state index in [2.05, 4.69) is 28.6 Å². The molecular formula is C18H23N3O. The molecule has 0 saturated heterocycles. The quantitative estimate of drug-likeness (QED) is 0.772. The lowest BCUT2D eigenvalue weighted by molar-refractivity contribution is -0.116. The number of hydrogen-bond donors (Lipinski definition) is 2. The Kier molecular flexibility index (Phi) is 6.10. The molecule has 0 spiro atoms. The zero-order valence-electron chi connectivity index (χ0n) is 13.2. The fourth-order valence-electron chi connectivity index (χ4n) is 2.33. The minimum atomic E-state index is 0.0394. The van der Waals surface area contributed by atoms with E-state index in [1.807, 2.05) is 37.3 Å². The number of pyridine rings is 1. The highest BCUT2D eigenvalue weighted by atomic mass is 16.1. The zero-order chi connectivity index (χ0) is 15.8. The van der Waals surface area contributed by atoms with E-state index in [0.29, 0.717) is 19.5 Å². The highest BCUT2D eigenvalue weighted by Gasteiger charge is 2.08. The second-order valence-corrected chi connectivity index (χ2v) is 5.26. The standard InChI is InChI=1S/C18H23N3O/c1-3-15-8-6-7-14(2)18(15)21-17(22)10-12-19-13-16-9-4-5-11-20-16/h4-9,11,19H,3,10,12-13H2,1-2H3,(H,21,22). The van der Waals surface area contributed by atoms with E-state index in [4.69, 9.17) is 0 Å². The number of nitrogens with one attached hydrogen (secondary N) is 2. The first-order valence-corrected chi connectivity index (χ1v) is 7.69. The van der Waals surface area contributed by atoms with Gasteiger partial charge in [-0.2, -0.15) is 0 Å². The lowest BCUT2D eigenvalue weighted by Gasteiger charge is -2.13. The largest absolute Gasteiger partial charge is 0.326 e. The van der Waals surface area contributed by atoms with Crippen molar-refractivity contribution in [3.63, 3.8) is 0 Å². The van der Waals surface area contributed by atoms with Gasteiger partial charge in [0.15, 0.2) is 0 Å². The molecule has 0 bridgehead atoms. The molecule has 4 heteroatoms. The molecule has 116 valence electrons. The van der Waals surface area contributed by atoms with Gasteiger partial charge in [-0.3, -0.25) is 9.78 Å². The fraction of sp³-hybridized carbons (Fsp3) is 0.333. The lowest BCUT2D eigenvalue weighted by Crippen LogP contribution is -2.22. The molecule has 0 saturated carbocycles. The maximum atomic E-state index is 12.1. The predicted octanol–water partition coefficient (Wildman–Crippen LogP) is 3.07. The van der Waals surface area contributed by atoms with Crippen LogP contribution >= 0.6 is 0 Å². The molecule has 0 aliphatic rings. The summed E-state index contributed by atoms with van der Waals surface area (Å²) >= 11 is 0. The van der Waals surface area contributed by atoms with Gasteiger partial charge in [-0.15, -0.1) is 0 Å². The van der Waals surface area contributed by atoms with Crippen LogP contribution in [0.15, 0.2) is 42.6 Å². The van der Waals surface area contributed by atoms with Crippen molar-refractivity contribution in [2.24, 2.45) is 0 Å². The van der Waals surface area contributed by atoms with Gasteiger partial charge >= 0.3 is 0 Å². The van der Waals surface area contributed by atoms with E-state index in [-0.39, 0.29) is 5.91 Å². The van der Waals surface area contributed by atoms with Crippen LogP contribution in [0, 0.1) is 6.92 Å². The van der Waals surface area contributed by atoms with Crippen molar-refractivity contribution in [2.45, 2.75) is 33.2 Å². The molecule has 0 fully saturated rings. The van der Waals surface area contributed by atoms with E-state index < -0.39 is 0 Å². The summed E-state index contributed by atoms with van der Waals surface area (Å²) < 4.78 is 0. The first kappa shape index (κ1) is 16.2. The topological polar surface area (TPSA) is 54.0 Å². The van der Waals surface area contributed by atoms with Crippen LogP contribution in [0.3, 0.4) is 0 Å². The molecule has 0 aliphatic heterocycles. The Bertz CT molecular complexity index is 611. The number of carbonyl (C=O) groups excluding carboxylic acids is 1. The van der Waals surface area contributed by atoms with E-state index in [1.54, 1.807) is 6.20 Å². The minimum absolute atomic E-state index is 0.0394. The van der Waals surface area contributed by atoms with Gasteiger partial charge in [0, 0.05) is 31.4 Å². The molecule has 1 aromatic heterocycles. The van der Waals surface area contributed by atoms with Crippen LogP contribution in [0.25, 0.3) is 0 Å². The molecular weight excluding hydrogens is 274 g/mol. The Morgan fingerprint density at radius 2 is 2.05 bits per heavy atom. The molecule has 1 heterocycles. The molecule has 1 amide bonds. The molecule has 0 unspecified atom stereocenters. The van der Waals surface area contributed by atoms with Crippen LogP contribution in [-0.2, 0) is 17.8 Å². The summed E-state index contributed by atoms with van der Waals surface area (Å²) in [6.07, 6.45) is 3.13. The highest BCUT2D eigenvalue weighted by Crippen LogP contribution is 2.21. The summed E-state index contributed by atoms with van der Waals surface area (Å²) in [5, 5.41) is 6.27. The van der Waals surface area contributed by atoms with Gasteiger partial charge in [-0.1, -0.05) is 31.2 Å². The smallest absolute Gasteiger partial charge is 0.225 e. The zero-order valence-corrected chi connectivity index (χ0v) is 13.2. The Morgan fingerprint density at radius 3 is 2.77 bits per heavy atom. The van der Waals surface area contributed by atoms with Crippen LogP contribution in [-0.4, -0.2) is 17.4 Å². The van der Waals surface area contributed by atoms with Crippen LogP contribution in [0.4, 0.5) is 5.69 Å². The summed E-state index contributed by atoms with van der Waals surface area (Å²) in [6.45, 7) is 5.43. The van der Waals surface area contributed by atoms with E-state index in [0.717, 1.165) is 23.4 Å². The second-order valence-electron chi connectivity index (χ2n) is 5.26. The third kappa shape index (κ3) is 4.67. The van der Waals surface area contributed by atoms with Crippen LogP contribution < -0.4 is 10.6 Å². The van der Waals surface area contributed by atoms with Crippen molar-refractivity contribution in [1.82, 2.24) is 10.3 Å². The van der Waals surface area contributed by atoms with Crippen molar-refractivity contribution in [3.05, 3.63) is 59.4 Å². The Morgan fingerprint density at radius 1 is 1.18 bits per heavy atom. The van der Waals surface area contributed by atoms with Crippen molar-refractivity contribution in [3.8, 4) is 0 Å². The lowest BCUT2D eigenvalue weighted by atomic mass is 10.1. The van der Waals surface area contributed by atoms with E-state index in [9.17, 15) is 4.79 Å². The summed E-state index contributed by atoms with van der Waals surface area (Å²) in [5.41, 5.74) is 4.22. The average Bonchev–Trinajstić information content (AvgIpc) is 2.54. The molecule has 22 heavy (non-hydrogen) atoms. The molecule has 2 rings (SSSR count). The van der Waals surface area contributed by atoms with Crippen LogP contribution in [0.2, 0.25) is 0 Å². The van der Waals surface area contributed by atoms with Gasteiger partial charge in [0.05, 0.1) is 5.69 Å². The van der Waals surface area contributed by atoms with Gasteiger partial charge in [0.25, 0.3) is 0 Å².